The van der Waals surface area contributed by atoms with E-state index in [1.54, 1.807) is 10.7 Å². The molecule has 1 aromatic heterocycles. The Hall–Kier alpha value is -3.28. The zero-order chi connectivity index (χ0) is 19.7. The molecule has 0 radical (unpaired) electrons. The number of aryl methyl sites for hydroxylation is 1. The number of aromatic nitrogens is 2. The van der Waals surface area contributed by atoms with Crippen LogP contribution in [0.15, 0.2) is 54.6 Å². The average molecular weight is 377 g/mol. The molecule has 2 aromatic carbocycles. The standard InChI is InChI=1S/C22H23N3O3/c1-15-11-18(24-25(15)17-7-5-4-6-8-17)21(26)23-13-22(2,3)16-9-10-19-20(12-16)28-14-27-19/h4-12H,13-14H2,1-3H3,(H,23,26). The van der Waals surface area contributed by atoms with Gasteiger partial charge in [-0.25, -0.2) is 4.68 Å². The molecular weight excluding hydrogens is 354 g/mol. The molecule has 0 unspecified atom stereocenters. The van der Waals surface area contributed by atoms with Crippen LogP contribution in [0.4, 0.5) is 0 Å². The molecule has 2 heterocycles. The van der Waals surface area contributed by atoms with Crippen LogP contribution in [0.2, 0.25) is 0 Å². The second kappa shape index (κ2) is 7.03. The molecule has 6 nitrogen and oxygen atoms in total. The highest BCUT2D eigenvalue weighted by molar-refractivity contribution is 5.92. The molecule has 0 atom stereocenters. The van der Waals surface area contributed by atoms with Crippen molar-refractivity contribution in [3.8, 4) is 17.2 Å². The van der Waals surface area contributed by atoms with E-state index >= 15 is 0 Å². The fourth-order valence-corrected chi connectivity index (χ4v) is 3.23. The number of fused-ring (bicyclic) bond motifs is 1. The SMILES string of the molecule is Cc1cc(C(=O)NCC(C)(C)c2ccc3c(c2)OCO3)nn1-c1ccccc1. The van der Waals surface area contributed by atoms with Crippen LogP contribution < -0.4 is 14.8 Å². The third-order valence-electron chi connectivity index (χ3n) is 4.97. The highest BCUT2D eigenvalue weighted by Crippen LogP contribution is 2.36. The number of hydrogen-bond acceptors (Lipinski definition) is 4. The maximum absolute atomic E-state index is 12.7. The first-order valence-corrected chi connectivity index (χ1v) is 9.24. The van der Waals surface area contributed by atoms with E-state index in [9.17, 15) is 4.79 Å². The van der Waals surface area contributed by atoms with Crippen molar-refractivity contribution in [3.63, 3.8) is 0 Å². The van der Waals surface area contributed by atoms with Crippen LogP contribution in [0, 0.1) is 6.92 Å². The van der Waals surface area contributed by atoms with E-state index in [2.05, 4.69) is 24.3 Å². The molecule has 4 rings (SSSR count). The predicted molar refractivity (Wildman–Crippen MR) is 106 cm³/mol. The highest BCUT2D eigenvalue weighted by Gasteiger charge is 2.25. The minimum Gasteiger partial charge on any atom is -0.454 e. The van der Waals surface area contributed by atoms with E-state index in [1.807, 2.05) is 55.5 Å². The van der Waals surface area contributed by atoms with E-state index < -0.39 is 0 Å². The van der Waals surface area contributed by atoms with Gasteiger partial charge in [-0.05, 0) is 42.8 Å². The summed E-state index contributed by atoms with van der Waals surface area (Å²) < 4.78 is 12.6. The molecule has 3 aromatic rings. The topological polar surface area (TPSA) is 65.4 Å². The van der Waals surface area contributed by atoms with Gasteiger partial charge in [0.15, 0.2) is 17.2 Å². The summed E-state index contributed by atoms with van der Waals surface area (Å²) in [5, 5.41) is 7.48. The summed E-state index contributed by atoms with van der Waals surface area (Å²) in [5.41, 5.74) is 3.05. The van der Waals surface area contributed by atoms with E-state index in [1.165, 1.54) is 0 Å². The number of rotatable bonds is 5. The molecule has 0 saturated carbocycles. The highest BCUT2D eigenvalue weighted by atomic mass is 16.7. The number of ether oxygens (including phenoxy) is 2. The molecule has 1 N–H and O–H groups in total. The van der Waals surface area contributed by atoms with Crippen molar-refractivity contribution >= 4 is 5.91 Å². The van der Waals surface area contributed by atoms with Crippen molar-refractivity contribution in [1.82, 2.24) is 15.1 Å². The number of amides is 1. The van der Waals surface area contributed by atoms with E-state index in [0.29, 0.717) is 12.2 Å². The van der Waals surface area contributed by atoms with Crippen LogP contribution in [0.5, 0.6) is 11.5 Å². The van der Waals surface area contributed by atoms with E-state index in [-0.39, 0.29) is 18.1 Å². The van der Waals surface area contributed by atoms with Gasteiger partial charge in [0.1, 0.15) is 0 Å². The van der Waals surface area contributed by atoms with Crippen LogP contribution in [-0.4, -0.2) is 29.0 Å². The van der Waals surface area contributed by atoms with Gasteiger partial charge in [-0.3, -0.25) is 4.79 Å². The molecule has 1 aliphatic heterocycles. The van der Waals surface area contributed by atoms with Gasteiger partial charge in [0, 0.05) is 17.7 Å². The Morgan fingerprint density at radius 1 is 1.11 bits per heavy atom. The lowest BCUT2D eigenvalue weighted by atomic mass is 9.84. The summed E-state index contributed by atoms with van der Waals surface area (Å²) in [6.45, 7) is 6.83. The van der Waals surface area contributed by atoms with Crippen molar-refractivity contribution in [2.45, 2.75) is 26.2 Å². The Balaban J connectivity index is 1.47. The molecule has 144 valence electrons. The Morgan fingerprint density at radius 3 is 2.64 bits per heavy atom. The molecule has 28 heavy (non-hydrogen) atoms. The lowest BCUT2D eigenvalue weighted by molar-refractivity contribution is 0.0940. The quantitative estimate of drug-likeness (QED) is 0.738. The second-order valence-corrected chi connectivity index (χ2v) is 7.55. The summed E-state index contributed by atoms with van der Waals surface area (Å²) in [6.07, 6.45) is 0. The molecule has 6 heteroatoms. The van der Waals surface area contributed by atoms with Gasteiger partial charge >= 0.3 is 0 Å². The number of hydrogen-bond donors (Lipinski definition) is 1. The van der Waals surface area contributed by atoms with Gasteiger partial charge in [0.25, 0.3) is 5.91 Å². The van der Waals surface area contributed by atoms with Crippen LogP contribution in [0.3, 0.4) is 0 Å². The van der Waals surface area contributed by atoms with Gasteiger partial charge < -0.3 is 14.8 Å². The number of carbonyl (C=O) groups is 1. The second-order valence-electron chi connectivity index (χ2n) is 7.55. The minimum atomic E-state index is -0.270. The summed E-state index contributed by atoms with van der Waals surface area (Å²) in [6, 6.07) is 17.5. The van der Waals surface area contributed by atoms with E-state index in [0.717, 1.165) is 28.4 Å². The summed E-state index contributed by atoms with van der Waals surface area (Å²) in [4.78, 5) is 12.7. The molecular formula is C22H23N3O3. The van der Waals surface area contributed by atoms with E-state index in [4.69, 9.17) is 9.47 Å². The Bertz CT molecular complexity index is 1010. The molecule has 1 aliphatic rings. The fourth-order valence-electron chi connectivity index (χ4n) is 3.23. The Kier molecular flexibility index (Phi) is 4.55. The lowest BCUT2D eigenvalue weighted by Gasteiger charge is -2.25. The molecule has 0 bridgehead atoms. The first kappa shape index (κ1) is 18.1. The van der Waals surface area contributed by atoms with Crippen LogP contribution in [-0.2, 0) is 5.41 Å². The minimum absolute atomic E-state index is 0.188. The molecule has 1 amide bonds. The lowest BCUT2D eigenvalue weighted by Crippen LogP contribution is -2.36. The van der Waals surface area contributed by atoms with Gasteiger partial charge in [-0.15, -0.1) is 0 Å². The summed E-state index contributed by atoms with van der Waals surface area (Å²) in [7, 11) is 0. The predicted octanol–water partition coefficient (Wildman–Crippen LogP) is 3.62. The average Bonchev–Trinajstić information content (AvgIpc) is 3.32. The van der Waals surface area contributed by atoms with Crippen molar-refractivity contribution in [3.05, 3.63) is 71.5 Å². The van der Waals surface area contributed by atoms with Crippen molar-refractivity contribution in [2.75, 3.05) is 13.3 Å². The number of carbonyl (C=O) groups excluding carboxylic acids is 1. The zero-order valence-electron chi connectivity index (χ0n) is 16.2. The monoisotopic (exact) mass is 377 g/mol. The third-order valence-corrected chi connectivity index (χ3v) is 4.97. The first-order chi connectivity index (χ1) is 13.4. The maximum atomic E-state index is 12.7. The van der Waals surface area contributed by atoms with Gasteiger partial charge in [0.05, 0.1) is 5.69 Å². The number of para-hydroxylation sites is 1. The number of benzene rings is 2. The number of nitrogens with zero attached hydrogens (tertiary/aromatic N) is 2. The van der Waals surface area contributed by atoms with Gasteiger partial charge in [0.2, 0.25) is 6.79 Å². The van der Waals surface area contributed by atoms with Crippen LogP contribution in [0.25, 0.3) is 5.69 Å². The van der Waals surface area contributed by atoms with Crippen LogP contribution in [0.1, 0.15) is 35.6 Å². The van der Waals surface area contributed by atoms with Crippen molar-refractivity contribution in [1.29, 1.82) is 0 Å². The Morgan fingerprint density at radius 2 is 1.86 bits per heavy atom. The fraction of sp³-hybridized carbons (Fsp3) is 0.273. The third kappa shape index (κ3) is 3.45. The molecule has 0 aliphatic carbocycles. The van der Waals surface area contributed by atoms with Gasteiger partial charge in [-0.1, -0.05) is 38.1 Å². The summed E-state index contributed by atoms with van der Waals surface area (Å²) in [5.74, 6) is 1.31. The van der Waals surface area contributed by atoms with Crippen molar-refractivity contribution in [2.24, 2.45) is 0 Å². The number of nitrogens with one attached hydrogen (secondary N) is 1. The zero-order valence-corrected chi connectivity index (χ0v) is 16.2. The molecule has 0 fully saturated rings. The van der Waals surface area contributed by atoms with Crippen LogP contribution >= 0.6 is 0 Å². The smallest absolute Gasteiger partial charge is 0.271 e. The van der Waals surface area contributed by atoms with Gasteiger partial charge in [-0.2, -0.15) is 5.10 Å². The normalized spacial score (nSPS) is 12.8. The first-order valence-electron chi connectivity index (χ1n) is 9.24. The van der Waals surface area contributed by atoms with Crippen molar-refractivity contribution < 1.29 is 14.3 Å². The summed E-state index contributed by atoms with van der Waals surface area (Å²) >= 11 is 0. The Labute approximate surface area is 164 Å². The molecule has 0 spiro atoms. The molecule has 0 saturated heterocycles. The maximum Gasteiger partial charge on any atom is 0.271 e. The largest absolute Gasteiger partial charge is 0.454 e.